The molecule has 2 N–H and O–H groups in total. The topological polar surface area (TPSA) is 138 Å². The van der Waals surface area contributed by atoms with Crippen LogP contribution < -0.4 is 14.3 Å². The van der Waals surface area contributed by atoms with Crippen molar-refractivity contribution in [3.63, 3.8) is 0 Å². The number of aromatic nitrogens is 2. The Labute approximate surface area is 248 Å². The lowest BCUT2D eigenvalue weighted by Crippen LogP contribution is -2.38. The Morgan fingerprint density at radius 1 is 0.780 bits per heavy atom. The number of nitrogens with one attached hydrogen (secondary N) is 2. The van der Waals surface area contributed by atoms with E-state index in [0.717, 1.165) is 9.87 Å². The molecule has 1 heterocycles. The Morgan fingerprint density at radius 2 is 1.32 bits per heavy atom. The third kappa shape index (κ3) is 7.53. The number of rotatable bonds is 9. The molecule has 0 aliphatic heterocycles. The molecule has 4 rings (SSSR count). The monoisotopic (exact) mass is 633 g/mol. The number of benzene rings is 3. The van der Waals surface area contributed by atoms with Gasteiger partial charge in [-0.3, -0.25) is 9.10 Å². The second-order valence-corrected chi connectivity index (χ2v) is 13.5. The molecular formula is C27H25Cl2N5O5S2. The van der Waals surface area contributed by atoms with Crippen LogP contribution in [0.25, 0.3) is 0 Å². The third-order valence-corrected chi connectivity index (χ3v) is 9.26. The maximum absolute atomic E-state index is 13.6. The van der Waals surface area contributed by atoms with Crippen LogP contribution in [0.5, 0.6) is 0 Å². The smallest absolute Gasteiger partial charge is 0.264 e. The molecule has 0 saturated carbocycles. The fourth-order valence-corrected chi connectivity index (χ4v) is 6.70. The number of halogens is 2. The van der Waals surface area contributed by atoms with Crippen LogP contribution in [-0.2, 0) is 24.8 Å². The first-order valence-corrected chi connectivity index (χ1v) is 15.7. The number of sulfonamides is 2. The van der Waals surface area contributed by atoms with E-state index in [-0.39, 0.29) is 37.2 Å². The van der Waals surface area contributed by atoms with Gasteiger partial charge in [-0.2, -0.15) is 0 Å². The zero-order valence-electron chi connectivity index (χ0n) is 22.1. The van der Waals surface area contributed by atoms with E-state index in [1.807, 2.05) is 6.92 Å². The molecular weight excluding hydrogens is 609 g/mol. The van der Waals surface area contributed by atoms with Gasteiger partial charge in [0.1, 0.15) is 6.54 Å². The predicted molar refractivity (Wildman–Crippen MR) is 160 cm³/mol. The minimum Gasteiger partial charge on any atom is -0.325 e. The van der Waals surface area contributed by atoms with E-state index < -0.39 is 32.5 Å². The van der Waals surface area contributed by atoms with Gasteiger partial charge in [-0.05, 0) is 81.4 Å². The average molecular weight is 635 g/mol. The quantitative estimate of drug-likeness (QED) is 0.253. The summed E-state index contributed by atoms with van der Waals surface area (Å²) in [5.74, 6) is -0.745. The van der Waals surface area contributed by atoms with Crippen LogP contribution in [0.3, 0.4) is 0 Å². The molecule has 1 amide bonds. The molecule has 10 nitrogen and oxygen atoms in total. The van der Waals surface area contributed by atoms with Crippen LogP contribution >= 0.6 is 23.2 Å². The summed E-state index contributed by atoms with van der Waals surface area (Å²) in [6.45, 7) is 4.65. The maximum Gasteiger partial charge on any atom is 0.264 e. The van der Waals surface area contributed by atoms with Crippen molar-refractivity contribution < 1.29 is 21.6 Å². The zero-order chi connectivity index (χ0) is 29.9. The van der Waals surface area contributed by atoms with Crippen molar-refractivity contribution in [2.45, 2.75) is 30.6 Å². The van der Waals surface area contributed by atoms with Crippen LogP contribution in [0, 0.1) is 20.8 Å². The number of hydrogen-bond acceptors (Lipinski definition) is 7. The van der Waals surface area contributed by atoms with Crippen LogP contribution in [-0.4, -0.2) is 39.3 Å². The third-order valence-electron chi connectivity index (χ3n) is 5.69. The first kappa shape index (κ1) is 30.3. The van der Waals surface area contributed by atoms with Crippen molar-refractivity contribution in [1.82, 2.24) is 9.97 Å². The van der Waals surface area contributed by atoms with Crippen molar-refractivity contribution in [2.75, 3.05) is 20.9 Å². The molecule has 214 valence electrons. The molecule has 14 heteroatoms. The van der Waals surface area contributed by atoms with Gasteiger partial charge in [0.15, 0.2) is 0 Å². The van der Waals surface area contributed by atoms with Crippen molar-refractivity contribution in [2.24, 2.45) is 0 Å². The van der Waals surface area contributed by atoms with E-state index in [2.05, 4.69) is 20.0 Å². The number of anilines is 3. The van der Waals surface area contributed by atoms with Crippen molar-refractivity contribution >= 4 is 66.5 Å². The highest BCUT2D eigenvalue weighted by Gasteiger charge is 2.28. The lowest BCUT2D eigenvalue weighted by Gasteiger charge is -2.24. The van der Waals surface area contributed by atoms with E-state index in [9.17, 15) is 21.6 Å². The van der Waals surface area contributed by atoms with Crippen molar-refractivity contribution in [3.8, 4) is 0 Å². The molecule has 0 saturated heterocycles. The molecule has 4 aromatic rings. The molecule has 1 aromatic heterocycles. The fourth-order valence-electron chi connectivity index (χ4n) is 3.83. The Hall–Kier alpha value is -3.71. The van der Waals surface area contributed by atoms with Gasteiger partial charge >= 0.3 is 0 Å². The molecule has 41 heavy (non-hydrogen) atoms. The number of carbonyl (C=O) groups excluding carboxylic acids is 1. The van der Waals surface area contributed by atoms with Crippen LogP contribution in [0.2, 0.25) is 10.0 Å². The summed E-state index contributed by atoms with van der Waals surface area (Å²) >= 11 is 12.3. The molecule has 0 aliphatic rings. The van der Waals surface area contributed by atoms with Crippen molar-refractivity contribution in [1.29, 1.82) is 0 Å². The normalized spacial score (nSPS) is 11.6. The lowest BCUT2D eigenvalue weighted by atomic mass is 10.2. The molecule has 0 atom stereocenters. The summed E-state index contributed by atoms with van der Waals surface area (Å²) in [6, 6.07) is 17.4. The predicted octanol–water partition coefficient (Wildman–Crippen LogP) is 5.34. The van der Waals surface area contributed by atoms with E-state index in [1.165, 1.54) is 54.6 Å². The molecule has 0 aliphatic carbocycles. The summed E-state index contributed by atoms with van der Waals surface area (Å²) in [4.78, 5) is 21.1. The lowest BCUT2D eigenvalue weighted by molar-refractivity contribution is -0.114. The first-order chi connectivity index (χ1) is 19.2. The van der Waals surface area contributed by atoms with Gasteiger partial charge in [-0.15, -0.1) is 0 Å². The second-order valence-electron chi connectivity index (χ2n) is 9.10. The van der Waals surface area contributed by atoms with Gasteiger partial charge in [0.2, 0.25) is 11.9 Å². The average Bonchev–Trinajstić information content (AvgIpc) is 2.86. The number of amides is 1. The van der Waals surface area contributed by atoms with Crippen molar-refractivity contribution in [3.05, 3.63) is 99.8 Å². The number of hydrogen-bond donors (Lipinski definition) is 2. The zero-order valence-corrected chi connectivity index (χ0v) is 25.2. The van der Waals surface area contributed by atoms with E-state index in [0.29, 0.717) is 11.4 Å². The van der Waals surface area contributed by atoms with E-state index in [1.54, 1.807) is 32.0 Å². The Balaban J connectivity index is 1.55. The summed E-state index contributed by atoms with van der Waals surface area (Å²) < 4.78 is 56.0. The van der Waals surface area contributed by atoms with Crippen LogP contribution in [0.1, 0.15) is 17.0 Å². The van der Waals surface area contributed by atoms with E-state index >= 15 is 0 Å². The van der Waals surface area contributed by atoms with Crippen LogP contribution in [0.15, 0.2) is 82.6 Å². The van der Waals surface area contributed by atoms with Crippen LogP contribution in [0.4, 0.5) is 17.3 Å². The Morgan fingerprint density at radius 3 is 1.88 bits per heavy atom. The highest BCUT2D eigenvalue weighted by atomic mass is 35.5. The van der Waals surface area contributed by atoms with Gasteiger partial charge in [0, 0.05) is 27.1 Å². The SMILES string of the molecule is Cc1ccc(S(=O)(=O)N(CC(=O)Nc2ccc(S(=O)(=O)Nc3nc(C)cc(C)n3)cc2)c2cc(Cl)cc(Cl)c2)cc1. The number of carbonyl (C=O) groups is 1. The second kappa shape index (κ2) is 12.0. The Bertz CT molecular complexity index is 1780. The summed E-state index contributed by atoms with van der Waals surface area (Å²) in [6.07, 6.45) is 0. The number of nitrogens with zero attached hydrogens (tertiary/aromatic N) is 3. The van der Waals surface area contributed by atoms with Gasteiger partial charge in [-0.25, -0.2) is 31.5 Å². The summed E-state index contributed by atoms with van der Waals surface area (Å²) in [5, 5.41) is 2.97. The first-order valence-electron chi connectivity index (χ1n) is 12.0. The summed E-state index contributed by atoms with van der Waals surface area (Å²) in [7, 11) is -8.21. The molecule has 0 bridgehead atoms. The molecule has 0 fully saturated rings. The maximum atomic E-state index is 13.6. The molecule has 0 radical (unpaired) electrons. The van der Waals surface area contributed by atoms with Gasteiger partial charge < -0.3 is 5.32 Å². The summed E-state index contributed by atoms with van der Waals surface area (Å²) in [5.41, 5.74) is 2.41. The number of aryl methyl sites for hydroxylation is 3. The van der Waals surface area contributed by atoms with Gasteiger partial charge in [0.05, 0.1) is 15.5 Å². The highest BCUT2D eigenvalue weighted by Crippen LogP contribution is 2.30. The molecule has 0 unspecified atom stereocenters. The highest BCUT2D eigenvalue weighted by molar-refractivity contribution is 7.93. The Kier molecular flexibility index (Phi) is 8.88. The standard InChI is InChI=1S/C27H25Cl2N5O5S2/c1-17-4-8-25(9-5-17)41(38,39)34(23-14-20(28)13-21(29)15-23)16-26(35)32-22-6-10-24(11-7-22)40(36,37)33-27-30-18(2)12-19(3)31-27/h4-15H,16H2,1-3H3,(H,32,35)(H,30,31,33). The van der Waals surface area contributed by atoms with Gasteiger partial charge in [-0.1, -0.05) is 40.9 Å². The van der Waals surface area contributed by atoms with E-state index in [4.69, 9.17) is 23.2 Å². The minimum atomic E-state index is -4.20. The fraction of sp³-hybridized carbons (Fsp3) is 0.148. The largest absolute Gasteiger partial charge is 0.325 e. The van der Waals surface area contributed by atoms with Gasteiger partial charge in [0.25, 0.3) is 20.0 Å². The molecule has 0 spiro atoms. The molecule has 3 aromatic carbocycles. The minimum absolute atomic E-state index is 0.0261.